The Kier molecular flexibility index (Phi) is 5.57. The Morgan fingerprint density at radius 1 is 0.889 bits per heavy atom. The van der Waals surface area contributed by atoms with Crippen molar-refractivity contribution in [1.29, 1.82) is 0 Å². The molecule has 3 heteroatoms. The predicted octanol–water partition coefficient (Wildman–Crippen LogP) is 4.71. The van der Waals surface area contributed by atoms with Gasteiger partial charge in [-0.25, -0.2) is 8.78 Å². The van der Waals surface area contributed by atoms with Crippen LogP contribution in [0.1, 0.15) is 66.2 Å². The highest BCUT2D eigenvalue weighted by molar-refractivity contribution is 4.87. The monoisotopic (exact) mass is 261 g/mol. The van der Waals surface area contributed by atoms with E-state index in [-0.39, 0.29) is 12.8 Å². The molecule has 2 aliphatic rings. The van der Waals surface area contributed by atoms with Gasteiger partial charge in [-0.05, 0) is 44.2 Å². The Hall–Kier alpha value is -0.180. The fraction of sp³-hybridized carbons (Fsp3) is 1.00. The normalized spacial score (nSPS) is 28.3. The zero-order valence-corrected chi connectivity index (χ0v) is 12.4. The molecule has 1 saturated heterocycles. The summed E-state index contributed by atoms with van der Waals surface area (Å²) < 4.78 is 26.1. The number of halogens is 2. The van der Waals surface area contributed by atoms with Gasteiger partial charge in [0.05, 0.1) is 0 Å². The van der Waals surface area contributed by atoms with E-state index in [1.165, 1.54) is 12.8 Å². The Morgan fingerprint density at radius 2 is 1.33 bits per heavy atom. The topological polar surface area (TPSA) is 3.24 Å². The molecule has 0 N–H and O–H groups in total. The number of hydrogen-bond acceptors (Lipinski definition) is 1. The van der Waals surface area contributed by atoms with Crippen molar-refractivity contribution in [2.45, 2.75) is 78.2 Å². The fourth-order valence-corrected chi connectivity index (χ4v) is 2.88. The predicted molar refractivity (Wildman–Crippen MR) is 73.1 cm³/mol. The van der Waals surface area contributed by atoms with Gasteiger partial charge in [0.2, 0.25) is 5.92 Å². The van der Waals surface area contributed by atoms with Crippen molar-refractivity contribution in [3.05, 3.63) is 0 Å². The van der Waals surface area contributed by atoms with Gasteiger partial charge < -0.3 is 4.90 Å². The van der Waals surface area contributed by atoms with E-state index in [0.717, 1.165) is 13.1 Å². The molecule has 0 spiro atoms. The van der Waals surface area contributed by atoms with E-state index in [4.69, 9.17) is 0 Å². The lowest BCUT2D eigenvalue weighted by Gasteiger charge is -2.43. The average Bonchev–Trinajstić information content (AvgIpc) is 2.32. The van der Waals surface area contributed by atoms with Gasteiger partial charge in [-0.3, -0.25) is 0 Å². The fourth-order valence-electron chi connectivity index (χ4n) is 2.88. The molecule has 2 fully saturated rings. The van der Waals surface area contributed by atoms with Gasteiger partial charge in [0.1, 0.15) is 0 Å². The number of rotatable bonds is 1. The van der Waals surface area contributed by atoms with E-state index >= 15 is 0 Å². The van der Waals surface area contributed by atoms with Crippen molar-refractivity contribution in [3.63, 3.8) is 0 Å². The quantitative estimate of drug-likeness (QED) is 0.660. The summed E-state index contributed by atoms with van der Waals surface area (Å²) in [4.78, 5) is 2.44. The first-order valence-corrected chi connectivity index (χ1v) is 7.50. The minimum atomic E-state index is -2.38. The second-order valence-corrected chi connectivity index (χ2v) is 6.29. The molecule has 0 atom stereocenters. The van der Waals surface area contributed by atoms with Crippen LogP contribution < -0.4 is 0 Å². The summed E-state index contributed by atoms with van der Waals surface area (Å²) in [6, 6.07) is 0.427. The van der Waals surface area contributed by atoms with Gasteiger partial charge in [-0.15, -0.1) is 0 Å². The lowest BCUT2D eigenvalue weighted by molar-refractivity contribution is -0.0587. The summed E-state index contributed by atoms with van der Waals surface area (Å²) in [5.74, 6) is -2.38. The maximum absolute atomic E-state index is 13.0. The number of nitrogens with zero attached hydrogens (tertiary/aromatic N) is 1. The second-order valence-electron chi connectivity index (χ2n) is 6.29. The SMILES string of the molecule is CC.CC1(C)CCN(C2CCC(F)(F)CC2)CC1. The Labute approximate surface area is 111 Å². The lowest BCUT2D eigenvalue weighted by Crippen LogP contribution is -2.46. The molecule has 18 heavy (non-hydrogen) atoms. The first-order chi connectivity index (χ1) is 8.38. The van der Waals surface area contributed by atoms with E-state index in [9.17, 15) is 8.78 Å². The highest BCUT2D eigenvalue weighted by Gasteiger charge is 2.38. The molecule has 1 aliphatic carbocycles. The molecule has 108 valence electrons. The summed E-state index contributed by atoms with van der Waals surface area (Å²) in [6.45, 7) is 10.8. The molecule has 0 aromatic rings. The van der Waals surface area contributed by atoms with Crippen LogP contribution in [0.3, 0.4) is 0 Å². The molecule has 2 rings (SSSR count). The van der Waals surface area contributed by atoms with Crippen LogP contribution in [0.2, 0.25) is 0 Å². The maximum atomic E-state index is 13.0. The first kappa shape index (κ1) is 15.9. The molecular weight excluding hydrogens is 232 g/mol. The van der Waals surface area contributed by atoms with Gasteiger partial charge in [0.25, 0.3) is 0 Å². The number of alkyl halides is 2. The number of piperidine rings is 1. The van der Waals surface area contributed by atoms with Crippen LogP contribution in [0.5, 0.6) is 0 Å². The third-order valence-electron chi connectivity index (χ3n) is 4.35. The zero-order valence-electron chi connectivity index (χ0n) is 12.4. The lowest BCUT2D eigenvalue weighted by atomic mass is 9.81. The van der Waals surface area contributed by atoms with Crippen LogP contribution in [0.15, 0.2) is 0 Å². The Bertz CT molecular complexity index is 205. The molecule has 0 aromatic carbocycles. The van der Waals surface area contributed by atoms with Crippen LogP contribution in [0.25, 0.3) is 0 Å². The molecule has 1 saturated carbocycles. The largest absolute Gasteiger partial charge is 0.300 e. The van der Waals surface area contributed by atoms with Crippen molar-refractivity contribution in [2.24, 2.45) is 5.41 Å². The van der Waals surface area contributed by atoms with Crippen LogP contribution in [0.4, 0.5) is 8.78 Å². The molecule has 1 heterocycles. The Balaban J connectivity index is 0.000000771. The third-order valence-corrected chi connectivity index (χ3v) is 4.35. The standard InChI is InChI=1S/C13H23F2N.C2H6/c1-12(2)7-9-16(10-8-12)11-3-5-13(14,15)6-4-11;1-2/h11H,3-10H2,1-2H3;1-2H3. The summed E-state index contributed by atoms with van der Waals surface area (Å²) in [6.07, 6.45) is 3.98. The van der Waals surface area contributed by atoms with Gasteiger partial charge in [-0.2, -0.15) is 0 Å². The first-order valence-electron chi connectivity index (χ1n) is 7.50. The minimum Gasteiger partial charge on any atom is -0.300 e. The van der Waals surface area contributed by atoms with E-state index in [0.29, 0.717) is 24.3 Å². The minimum absolute atomic E-state index is 0.0948. The molecule has 0 unspecified atom stereocenters. The van der Waals surface area contributed by atoms with Gasteiger partial charge in [-0.1, -0.05) is 27.7 Å². The number of likely N-dealkylation sites (tertiary alicyclic amines) is 1. The van der Waals surface area contributed by atoms with Crippen LogP contribution >= 0.6 is 0 Å². The molecule has 0 radical (unpaired) electrons. The average molecular weight is 261 g/mol. The molecule has 1 nitrogen and oxygen atoms in total. The summed E-state index contributed by atoms with van der Waals surface area (Å²) in [5, 5.41) is 0. The maximum Gasteiger partial charge on any atom is 0.248 e. The summed E-state index contributed by atoms with van der Waals surface area (Å²) in [5.41, 5.74) is 0.453. The van der Waals surface area contributed by atoms with Crippen LogP contribution in [-0.4, -0.2) is 30.0 Å². The van der Waals surface area contributed by atoms with Gasteiger partial charge >= 0.3 is 0 Å². The van der Waals surface area contributed by atoms with Crippen LogP contribution in [-0.2, 0) is 0 Å². The van der Waals surface area contributed by atoms with E-state index < -0.39 is 5.92 Å². The second kappa shape index (κ2) is 6.31. The molecule has 0 amide bonds. The van der Waals surface area contributed by atoms with Crippen molar-refractivity contribution < 1.29 is 8.78 Å². The van der Waals surface area contributed by atoms with E-state index in [1.54, 1.807) is 0 Å². The third kappa shape index (κ3) is 4.49. The highest BCUT2D eigenvalue weighted by atomic mass is 19.3. The molecular formula is C15H29F2N. The molecule has 0 bridgehead atoms. The summed E-state index contributed by atoms with van der Waals surface area (Å²) >= 11 is 0. The Morgan fingerprint density at radius 3 is 1.78 bits per heavy atom. The van der Waals surface area contributed by atoms with Crippen molar-refractivity contribution in [1.82, 2.24) is 4.90 Å². The van der Waals surface area contributed by atoms with Crippen molar-refractivity contribution >= 4 is 0 Å². The smallest absolute Gasteiger partial charge is 0.248 e. The van der Waals surface area contributed by atoms with Crippen LogP contribution in [0, 0.1) is 5.41 Å². The highest BCUT2D eigenvalue weighted by Crippen LogP contribution is 2.37. The number of hydrogen-bond donors (Lipinski definition) is 0. The zero-order chi connectivity index (χ0) is 13.8. The molecule has 0 aromatic heterocycles. The van der Waals surface area contributed by atoms with Gasteiger partial charge in [0, 0.05) is 18.9 Å². The van der Waals surface area contributed by atoms with E-state index in [1.807, 2.05) is 13.8 Å². The summed E-state index contributed by atoms with van der Waals surface area (Å²) in [7, 11) is 0. The van der Waals surface area contributed by atoms with Gasteiger partial charge in [0.15, 0.2) is 0 Å². The van der Waals surface area contributed by atoms with Crippen molar-refractivity contribution in [3.8, 4) is 0 Å². The van der Waals surface area contributed by atoms with E-state index in [2.05, 4.69) is 18.7 Å². The van der Waals surface area contributed by atoms with Crippen molar-refractivity contribution in [2.75, 3.05) is 13.1 Å². The molecule has 1 aliphatic heterocycles.